The van der Waals surface area contributed by atoms with Gasteiger partial charge in [0.2, 0.25) is 5.91 Å². The van der Waals surface area contributed by atoms with Crippen LogP contribution < -0.4 is 10.6 Å². The van der Waals surface area contributed by atoms with Crippen molar-refractivity contribution >= 4 is 34.7 Å². The van der Waals surface area contributed by atoms with Gasteiger partial charge in [-0.1, -0.05) is 11.6 Å². The van der Waals surface area contributed by atoms with Crippen molar-refractivity contribution < 1.29 is 18.4 Å². The number of anilines is 1. The number of hydrogen-bond donors (Lipinski definition) is 2. The summed E-state index contributed by atoms with van der Waals surface area (Å²) < 4.78 is 28.5. The van der Waals surface area contributed by atoms with Gasteiger partial charge in [-0.05, 0) is 43.9 Å². The van der Waals surface area contributed by atoms with E-state index in [4.69, 9.17) is 11.6 Å². The van der Waals surface area contributed by atoms with E-state index in [-0.39, 0.29) is 34.5 Å². The van der Waals surface area contributed by atoms with E-state index in [1.807, 2.05) is 0 Å². The number of aromatic nitrogens is 3. The van der Waals surface area contributed by atoms with E-state index in [1.54, 1.807) is 18.3 Å². The van der Waals surface area contributed by atoms with Gasteiger partial charge >= 0.3 is 0 Å². The van der Waals surface area contributed by atoms with E-state index >= 15 is 0 Å². The zero-order chi connectivity index (χ0) is 21.3. The van der Waals surface area contributed by atoms with E-state index in [0.717, 1.165) is 6.07 Å². The van der Waals surface area contributed by atoms with Gasteiger partial charge in [-0.15, -0.1) is 0 Å². The molecule has 0 saturated heterocycles. The first-order chi connectivity index (χ1) is 14.4. The van der Waals surface area contributed by atoms with Gasteiger partial charge in [0.05, 0.1) is 16.9 Å². The van der Waals surface area contributed by atoms with Crippen LogP contribution in [0.4, 0.5) is 14.5 Å². The number of nitrogens with zero attached hydrogens (tertiary/aromatic N) is 3. The summed E-state index contributed by atoms with van der Waals surface area (Å²) in [6.45, 7) is 0. The molecule has 4 rings (SSSR count). The minimum absolute atomic E-state index is 0.0954. The average Bonchev–Trinajstić information content (AvgIpc) is 3.15. The highest BCUT2D eigenvalue weighted by atomic mass is 35.5. The molecule has 0 unspecified atom stereocenters. The molecule has 0 radical (unpaired) electrons. The lowest BCUT2D eigenvalue weighted by Gasteiger charge is -2.28. The van der Waals surface area contributed by atoms with Crippen molar-refractivity contribution in [1.82, 2.24) is 19.9 Å². The molecule has 10 heteroatoms. The van der Waals surface area contributed by atoms with E-state index in [9.17, 15) is 18.4 Å². The van der Waals surface area contributed by atoms with Crippen molar-refractivity contribution in [3.05, 3.63) is 59.0 Å². The van der Waals surface area contributed by atoms with E-state index in [0.29, 0.717) is 43.1 Å². The molecule has 7 nitrogen and oxygen atoms in total. The summed E-state index contributed by atoms with van der Waals surface area (Å²) in [4.78, 5) is 29.2. The number of imidazole rings is 1. The van der Waals surface area contributed by atoms with Crippen LogP contribution in [-0.4, -0.2) is 32.5 Å². The number of amides is 2. The summed E-state index contributed by atoms with van der Waals surface area (Å²) >= 11 is 5.83. The summed E-state index contributed by atoms with van der Waals surface area (Å²) in [5.74, 6) is -2.74. The Hall–Kier alpha value is -3.07. The Morgan fingerprint density at radius 2 is 1.93 bits per heavy atom. The maximum absolute atomic E-state index is 13.9. The molecule has 0 aliphatic heterocycles. The van der Waals surface area contributed by atoms with Crippen LogP contribution in [-0.2, 0) is 4.79 Å². The Balaban J connectivity index is 1.34. The molecule has 1 aliphatic carbocycles. The molecule has 2 aromatic heterocycles. The Labute approximate surface area is 175 Å². The van der Waals surface area contributed by atoms with E-state index < -0.39 is 11.6 Å². The molecule has 2 amide bonds. The minimum Gasteiger partial charge on any atom is -0.348 e. The maximum Gasteiger partial charge on any atom is 0.271 e. The predicted molar refractivity (Wildman–Crippen MR) is 106 cm³/mol. The van der Waals surface area contributed by atoms with Gasteiger partial charge in [0.15, 0.2) is 11.5 Å². The highest BCUT2D eigenvalue weighted by molar-refractivity contribution is 6.33. The van der Waals surface area contributed by atoms with Crippen molar-refractivity contribution in [2.75, 3.05) is 5.32 Å². The minimum atomic E-state index is -0.920. The number of halogens is 3. The number of hydrogen-bond acceptors (Lipinski definition) is 4. The van der Waals surface area contributed by atoms with Gasteiger partial charge in [0.1, 0.15) is 11.5 Å². The molecule has 1 fully saturated rings. The van der Waals surface area contributed by atoms with Crippen LogP contribution in [0.3, 0.4) is 0 Å². The zero-order valence-electron chi connectivity index (χ0n) is 15.7. The molecule has 30 heavy (non-hydrogen) atoms. The van der Waals surface area contributed by atoms with Crippen LogP contribution in [0.1, 0.15) is 36.2 Å². The normalized spacial score (nSPS) is 18.9. The summed E-state index contributed by atoms with van der Waals surface area (Å²) in [5, 5.41) is 9.34. The lowest BCUT2D eigenvalue weighted by atomic mass is 9.85. The molecule has 1 saturated carbocycles. The van der Waals surface area contributed by atoms with Crippen LogP contribution in [0.5, 0.6) is 0 Å². The third kappa shape index (κ3) is 4.11. The molecule has 3 aromatic rings. The van der Waals surface area contributed by atoms with Gasteiger partial charge < -0.3 is 10.6 Å². The average molecular weight is 434 g/mol. The lowest BCUT2D eigenvalue weighted by molar-refractivity contribution is -0.120. The third-order valence-corrected chi connectivity index (χ3v) is 5.50. The number of rotatable bonds is 4. The highest BCUT2D eigenvalue weighted by Crippen LogP contribution is 2.30. The fourth-order valence-corrected chi connectivity index (χ4v) is 3.87. The highest BCUT2D eigenvalue weighted by Gasteiger charge is 2.29. The number of benzene rings is 1. The van der Waals surface area contributed by atoms with Crippen molar-refractivity contribution in [2.24, 2.45) is 5.92 Å². The fourth-order valence-electron chi connectivity index (χ4n) is 3.63. The number of carbonyl (C=O) groups excluding carboxylic acids is 2. The third-order valence-electron chi connectivity index (χ3n) is 5.20. The fraction of sp³-hybridized carbons (Fsp3) is 0.300. The Kier molecular flexibility index (Phi) is 5.63. The predicted octanol–water partition coefficient (Wildman–Crippen LogP) is 3.59. The number of fused-ring (bicyclic) bond motifs is 1. The molecule has 2 heterocycles. The van der Waals surface area contributed by atoms with Crippen molar-refractivity contribution in [3.8, 4) is 0 Å². The molecule has 0 spiro atoms. The smallest absolute Gasteiger partial charge is 0.271 e. The molecular formula is C20H18ClF2N5O2. The SMILES string of the molecule is O=C(N[C@H]1CC[C@H](C(=O)Nc2c(F)cc(F)cc2Cl)CC1)c1cnc2cccnn12. The first-order valence-electron chi connectivity index (χ1n) is 9.47. The first-order valence-corrected chi connectivity index (χ1v) is 9.85. The summed E-state index contributed by atoms with van der Waals surface area (Å²) in [6, 6.07) is 5.01. The second kappa shape index (κ2) is 8.35. The van der Waals surface area contributed by atoms with E-state index in [2.05, 4.69) is 20.7 Å². The summed E-state index contributed by atoms with van der Waals surface area (Å²) in [7, 11) is 0. The Morgan fingerprint density at radius 3 is 2.67 bits per heavy atom. The van der Waals surface area contributed by atoms with Gasteiger partial charge in [0, 0.05) is 24.2 Å². The molecule has 2 N–H and O–H groups in total. The van der Waals surface area contributed by atoms with Crippen LogP contribution >= 0.6 is 11.6 Å². The maximum atomic E-state index is 13.9. The van der Waals surface area contributed by atoms with Crippen LogP contribution in [0.2, 0.25) is 5.02 Å². The summed E-state index contributed by atoms with van der Waals surface area (Å²) in [6.07, 6.45) is 5.26. The molecule has 156 valence electrons. The number of carbonyl (C=O) groups is 2. The molecular weight excluding hydrogens is 416 g/mol. The van der Waals surface area contributed by atoms with Crippen molar-refractivity contribution in [3.63, 3.8) is 0 Å². The molecule has 1 aromatic carbocycles. The number of nitrogens with one attached hydrogen (secondary N) is 2. The Bertz CT molecular complexity index is 1090. The van der Waals surface area contributed by atoms with E-state index in [1.165, 1.54) is 10.7 Å². The topological polar surface area (TPSA) is 88.4 Å². The van der Waals surface area contributed by atoms with Gasteiger partial charge in [-0.3, -0.25) is 9.59 Å². The monoisotopic (exact) mass is 433 g/mol. The quantitative estimate of drug-likeness (QED) is 0.658. The molecule has 0 bridgehead atoms. The second-order valence-corrected chi connectivity index (χ2v) is 7.60. The summed E-state index contributed by atoms with van der Waals surface area (Å²) in [5.41, 5.74) is 0.695. The first kappa shape index (κ1) is 20.2. The lowest BCUT2D eigenvalue weighted by Crippen LogP contribution is -2.40. The molecule has 1 aliphatic rings. The largest absolute Gasteiger partial charge is 0.348 e. The standard InChI is InChI=1S/C20H18ClF2N5O2/c21-14-8-12(22)9-15(23)18(14)27-19(29)11-3-5-13(6-4-11)26-20(30)16-10-24-17-2-1-7-25-28(16)17/h1-2,7-11,13H,3-6H2,(H,26,30)(H,27,29)/t11-,13-. The van der Waals surface area contributed by atoms with Gasteiger partial charge in [0.25, 0.3) is 5.91 Å². The van der Waals surface area contributed by atoms with Crippen LogP contribution in [0, 0.1) is 17.6 Å². The van der Waals surface area contributed by atoms with Crippen LogP contribution in [0.15, 0.2) is 36.7 Å². The second-order valence-electron chi connectivity index (χ2n) is 7.19. The Morgan fingerprint density at radius 1 is 1.17 bits per heavy atom. The zero-order valence-corrected chi connectivity index (χ0v) is 16.5. The van der Waals surface area contributed by atoms with Crippen LogP contribution in [0.25, 0.3) is 5.65 Å². The molecule has 0 atom stereocenters. The van der Waals surface area contributed by atoms with Gasteiger partial charge in [-0.25, -0.2) is 18.3 Å². The van der Waals surface area contributed by atoms with Crippen molar-refractivity contribution in [1.29, 1.82) is 0 Å². The van der Waals surface area contributed by atoms with Gasteiger partial charge in [-0.2, -0.15) is 5.10 Å². The van der Waals surface area contributed by atoms with Crippen molar-refractivity contribution in [2.45, 2.75) is 31.7 Å².